The fourth-order valence-corrected chi connectivity index (χ4v) is 0.483. The van der Waals surface area contributed by atoms with Gasteiger partial charge in [-0.3, -0.25) is 0 Å². The highest BCUT2D eigenvalue weighted by Crippen LogP contribution is 2.22. The number of aliphatic hydroxyl groups excluding tert-OH is 1. The average Bonchev–Trinajstić information content (AvgIpc) is 1.85. The maximum absolute atomic E-state index is 8.43. The molecule has 0 unspecified atom stereocenters. The van der Waals surface area contributed by atoms with Crippen molar-refractivity contribution in [2.24, 2.45) is 0 Å². The van der Waals surface area contributed by atoms with Crippen molar-refractivity contribution in [1.82, 2.24) is 0 Å². The first kappa shape index (κ1) is 11.1. The van der Waals surface area contributed by atoms with Gasteiger partial charge in [0.25, 0.3) is 0 Å². The van der Waals surface area contributed by atoms with E-state index in [1.54, 1.807) is 0 Å². The van der Waals surface area contributed by atoms with E-state index in [9.17, 15) is 0 Å². The molecule has 0 bridgehead atoms. The molecule has 10 heavy (non-hydrogen) atoms. The van der Waals surface area contributed by atoms with Crippen molar-refractivity contribution in [2.75, 3.05) is 13.2 Å². The lowest BCUT2D eigenvalue weighted by molar-refractivity contribution is 0.0417. The number of alkyl halides is 4. The molecule has 0 spiro atoms. The molecule has 0 saturated heterocycles. The van der Waals surface area contributed by atoms with Gasteiger partial charge in [-0.05, 0) is 0 Å². The Morgan fingerprint density at radius 1 is 1.40 bits per heavy atom. The summed E-state index contributed by atoms with van der Waals surface area (Å²) in [5.41, 5.74) is 0. The Kier molecular flexibility index (Phi) is 5.38. The van der Waals surface area contributed by atoms with Gasteiger partial charge < -0.3 is 9.84 Å². The summed E-state index contributed by atoms with van der Waals surface area (Å²) in [5.74, 6) is 0. The van der Waals surface area contributed by atoms with Crippen LogP contribution >= 0.6 is 46.4 Å². The smallest absolute Gasteiger partial charge is 0.241 e. The second-order valence-corrected chi connectivity index (χ2v) is 4.19. The lowest BCUT2D eigenvalue weighted by Gasteiger charge is -2.16. The van der Waals surface area contributed by atoms with Gasteiger partial charge in [0.2, 0.25) is 4.52 Å². The first-order valence-electron chi connectivity index (χ1n) is 2.39. The van der Waals surface area contributed by atoms with Gasteiger partial charge in [-0.15, -0.1) is 23.2 Å². The molecule has 0 fully saturated rings. The van der Waals surface area contributed by atoms with Crippen molar-refractivity contribution in [3.63, 3.8) is 0 Å². The lowest BCUT2D eigenvalue weighted by Crippen LogP contribution is -2.25. The molecule has 62 valence electrons. The van der Waals surface area contributed by atoms with Crippen molar-refractivity contribution in [3.05, 3.63) is 0 Å². The first-order chi connectivity index (χ1) is 4.48. The Hall–Kier alpha value is 1.08. The second-order valence-electron chi connectivity index (χ2n) is 1.50. The van der Waals surface area contributed by atoms with Crippen LogP contribution in [0.5, 0.6) is 0 Å². The van der Waals surface area contributed by atoms with E-state index in [0.717, 1.165) is 0 Å². The van der Waals surface area contributed by atoms with Crippen molar-refractivity contribution in [2.45, 2.75) is 9.36 Å². The maximum atomic E-state index is 8.43. The summed E-state index contributed by atoms with van der Waals surface area (Å²) in [6.45, 7) is -0.521. The number of halogens is 4. The summed E-state index contributed by atoms with van der Waals surface area (Å²) in [6.07, 6.45) is 0. The first-order valence-corrected chi connectivity index (χ1v) is 4.01. The molecular formula is C4H6Cl4O2. The fourth-order valence-electron chi connectivity index (χ4n) is 0.231. The van der Waals surface area contributed by atoms with E-state index in [4.69, 9.17) is 51.5 Å². The molecule has 0 amide bonds. The van der Waals surface area contributed by atoms with Crippen molar-refractivity contribution < 1.29 is 9.84 Å². The van der Waals surface area contributed by atoms with E-state index in [0.29, 0.717) is 0 Å². The van der Waals surface area contributed by atoms with Crippen LogP contribution in [0.25, 0.3) is 0 Å². The summed E-state index contributed by atoms with van der Waals surface area (Å²) in [6, 6.07) is 0. The van der Waals surface area contributed by atoms with Crippen LogP contribution in [0.4, 0.5) is 0 Å². The zero-order valence-corrected chi connectivity index (χ0v) is 7.88. The second kappa shape index (κ2) is 4.86. The Balaban J connectivity index is 3.46. The Morgan fingerprint density at radius 3 is 2.20 bits per heavy atom. The van der Waals surface area contributed by atoms with Gasteiger partial charge in [-0.2, -0.15) is 0 Å². The fraction of sp³-hybridized carbons (Fsp3) is 1.00. The third-order valence-electron chi connectivity index (χ3n) is 0.605. The van der Waals surface area contributed by atoms with Crippen LogP contribution in [0.1, 0.15) is 0 Å². The molecule has 0 heterocycles. The molecule has 0 atom stereocenters. The molecule has 0 aliphatic carbocycles. The van der Waals surface area contributed by atoms with Crippen molar-refractivity contribution in [3.8, 4) is 0 Å². The molecule has 0 aromatic heterocycles. The zero-order chi connectivity index (χ0) is 8.20. The van der Waals surface area contributed by atoms with Crippen LogP contribution in [-0.4, -0.2) is 27.7 Å². The summed E-state index contributed by atoms with van der Waals surface area (Å²) < 4.78 is 3.06. The highest BCUT2D eigenvalue weighted by atomic mass is 35.5. The van der Waals surface area contributed by atoms with E-state index in [1.807, 2.05) is 0 Å². The summed E-state index contributed by atoms with van der Waals surface area (Å²) >= 11 is 21.2. The summed E-state index contributed by atoms with van der Waals surface area (Å²) in [4.78, 5) is -0.691. The van der Waals surface area contributed by atoms with E-state index in [-0.39, 0.29) is 6.61 Å². The quantitative estimate of drug-likeness (QED) is 0.744. The molecule has 0 radical (unpaired) electrons. The normalized spacial score (nSPS) is 12.6. The Labute approximate surface area is 79.0 Å². The summed E-state index contributed by atoms with van der Waals surface area (Å²) in [7, 11) is 0. The van der Waals surface area contributed by atoms with Gasteiger partial charge in [0, 0.05) is 0 Å². The molecule has 1 N–H and O–H groups in total. The number of rotatable bonds is 4. The van der Waals surface area contributed by atoms with E-state index in [1.165, 1.54) is 0 Å². The predicted molar refractivity (Wildman–Crippen MR) is 43.0 cm³/mol. The van der Waals surface area contributed by atoms with Gasteiger partial charge in [0.1, 0.15) is 11.4 Å². The molecule has 0 aromatic rings. The van der Waals surface area contributed by atoms with E-state index < -0.39 is 16.0 Å². The molecule has 0 rings (SSSR count). The minimum Gasteiger partial charge on any atom is -0.391 e. The molecule has 0 saturated carbocycles. The largest absolute Gasteiger partial charge is 0.391 e. The van der Waals surface area contributed by atoms with Crippen LogP contribution in [0.3, 0.4) is 0 Å². The third kappa shape index (κ3) is 5.83. The van der Waals surface area contributed by atoms with E-state index >= 15 is 0 Å². The number of hydrogen-bond donors (Lipinski definition) is 1. The van der Waals surface area contributed by atoms with Crippen LogP contribution in [-0.2, 0) is 4.74 Å². The Morgan fingerprint density at radius 2 is 1.90 bits per heavy atom. The van der Waals surface area contributed by atoms with Gasteiger partial charge in [-0.25, -0.2) is 0 Å². The maximum Gasteiger partial charge on any atom is 0.241 e. The zero-order valence-electron chi connectivity index (χ0n) is 4.86. The van der Waals surface area contributed by atoms with Crippen LogP contribution in [0, 0.1) is 0 Å². The summed E-state index contributed by atoms with van der Waals surface area (Å²) in [5, 5.41) is 8.43. The van der Waals surface area contributed by atoms with Gasteiger partial charge in [0.05, 0.1) is 6.61 Å². The molecule has 2 nitrogen and oxygen atoms in total. The van der Waals surface area contributed by atoms with Crippen LogP contribution in [0.2, 0.25) is 0 Å². The minimum absolute atomic E-state index is 0.0172. The monoisotopic (exact) mass is 226 g/mol. The third-order valence-corrected chi connectivity index (χ3v) is 1.31. The van der Waals surface area contributed by atoms with Crippen LogP contribution < -0.4 is 0 Å². The SMILES string of the molecule is OCC(Cl)(Cl)OCC(Cl)Cl. The predicted octanol–water partition coefficient (Wildman–Crippen LogP) is 1.93. The van der Waals surface area contributed by atoms with Crippen molar-refractivity contribution >= 4 is 46.4 Å². The van der Waals surface area contributed by atoms with Gasteiger partial charge in [0.15, 0.2) is 0 Å². The number of hydrogen-bond acceptors (Lipinski definition) is 2. The number of ether oxygens (including phenoxy) is 1. The lowest BCUT2D eigenvalue weighted by atomic mass is 10.7. The molecule has 0 aliphatic rings. The van der Waals surface area contributed by atoms with E-state index in [2.05, 4.69) is 4.74 Å². The number of aliphatic hydroxyl groups is 1. The van der Waals surface area contributed by atoms with Gasteiger partial charge in [-0.1, -0.05) is 23.2 Å². The minimum atomic E-state index is -1.60. The topological polar surface area (TPSA) is 29.5 Å². The highest BCUT2D eigenvalue weighted by molar-refractivity contribution is 6.47. The van der Waals surface area contributed by atoms with Crippen LogP contribution in [0.15, 0.2) is 0 Å². The standard InChI is InChI=1S/C4H6Cl4O2/c5-3(6)1-10-4(7,8)2-9/h3,9H,1-2H2. The average molecular weight is 228 g/mol. The molecular weight excluding hydrogens is 222 g/mol. The Bertz CT molecular complexity index is 95.3. The van der Waals surface area contributed by atoms with Gasteiger partial charge >= 0.3 is 0 Å². The van der Waals surface area contributed by atoms with Crippen molar-refractivity contribution in [1.29, 1.82) is 0 Å². The molecule has 0 aromatic carbocycles. The molecule has 0 aliphatic heterocycles. The molecule has 6 heteroatoms. The highest BCUT2D eigenvalue weighted by Gasteiger charge is 2.23.